The summed E-state index contributed by atoms with van der Waals surface area (Å²) < 4.78 is 7.46. The number of rotatable bonds is 4. The van der Waals surface area contributed by atoms with Gasteiger partial charge in [-0.3, -0.25) is 0 Å². The van der Waals surface area contributed by atoms with Crippen molar-refractivity contribution in [3.05, 3.63) is 59.3 Å². The molecule has 0 atom stereocenters. The SMILES string of the molecule is Cc1ccc(-c2ccc(CNn3cnnc3)o2)cc1Cl. The highest BCUT2D eigenvalue weighted by atomic mass is 35.5. The molecule has 0 amide bonds. The van der Waals surface area contributed by atoms with Crippen molar-refractivity contribution in [2.24, 2.45) is 0 Å². The van der Waals surface area contributed by atoms with Crippen molar-refractivity contribution < 1.29 is 4.42 Å². The quantitative estimate of drug-likeness (QED) is 0.801. The van der Waals surface area contributed by atoms with Crippen molar-refractivity contribution in [1.29, 1.82) is 0 Å². The van der Waals surface area contributed by atoms with Crippen molar-refractivity contribution in [3.8, 4) is 11.3 Å². The van der Waals surface area contributed by atoms with Gasteiger partial charge in [0.25, 0.3) is 0 Å². The summed E-state index contributed by atoms with van der Waals surface area (Å²) in [5.74, 6) is 1.62. The molecule has 2 heterocycles. The van der Waals surface area contributed by atoms with E-state index in [4.69, 9.17) is 16.0 Å². The van der Waals surface area contributed by atoms with E-state index >= 15 is 0 Å². The van der Waals surface area contributed by atoms with Gasteiger partial charge in [-0.25, -0.2) is 4.68 Å². The Hall–Kier alpha value is -2.27. The predicted molar refractivity (Wildman–Crippen MR) is 77.0 cm³/mol. The Labute approximate surface area is 121 Å². The summed E-state index contributed by atoms with van der Waals surface area (Å²) in [7, 11) is 0. The lowest BCUT2D eigenvalue weighted by atomic mass is 10.1. The van der Waals surface area contributed by atoms with Crippen molar-refractivity contribution in [3.63, 3.8) is 0 Å². The summed E-state index contributed by atoms with van der Waals surface area (Å²) in [5, 5.41) is 8.16. The van der Waals surface area contributed by atoms with Crippen molar-refractivity contribution in [2.75, 3.05) is 5.43 Å². The maximum Gasteiger partial charge on any atom is 0.138 e. The third-order valence-electron chi connectivity index (χ3n) is 2.97. The van der Waals surface area contributed by atoms with Gasteiger partial charge in [0.1, 0.15) is 24.2 Å². The molecule has 1 N–H and O–H groups in total. The second kappa shape index (κ2) is 5.38. The molecule has 5 nitrogen and oxygen atoms in total. The topological polar surface area (TPSA) is 55.9 Å². The maximum atomic E-state index is 6.13. The third kappa shape index (κ3) is 2.67. The van der Waals surface area contributed by atoms with Gasteiger partial charge in [-0.2, -0.15) is 0 Å². The van der Waals surface area contributed by atoms with E-state index in [1.807, 2.05) is 37.3 Å². The molecule has 0 unspecified atom stereocenters. The first-order valence-electron chi connectivity index (χ1n) is 6.16. The number of furan rings is 1. The van der Waals surface area contributed by atoms with E-state index in [1.165, 1.54) is 0 Å². The molecule has 0 bridgehead atoms. The highest BCUT2D eigenvalue weighted by Gasteiger charge is 2.06. The van der Waals surface area contributed by atoms with Crippen LogP contribution >= 0.6 is 11.6 Å². The molecule has 20 heavy (non-hydrogen) atoms. The van der Waals surface area contributed by atoms with Gasteiger partial charge in [0.15, 0.2) is 0 Å². The van der Waals surface area contributed by atoms with E-state index in [-0.39, 0.29) is 0 Å². The first-order valence-corrected chi connectivity index (χ1v) is 6.54. The number of halogens is 1. The number of nitrogens with one attached hydrogen (secondary N) is 1. The fourth-order valence-corrected chi connectivity index (χ4v) is 2.01. The molecular formula is C14H13ClN4O. The Morgan fingerprint density at radius 3 is 2.75 bits per heavy atom. The van der Waals surface area contributed by atoms with Crippen LogP contribution in [0.1, 0.15) is 11.3 Å². The summed E-state index contributed by atoms with van der Waals surface area (Å²) in [4.78, 5) is 0. The third-order valence-corrected chi connectivity index (χ3v) is 3.38. The van der Waals surface area contributed by atoms with Gasteiger partial charge in [0.2, 0.25) is 0 Å². The molecule has 0 spiro atoms. The van der Waals surface area contributed by atoms with E-state index in [2.05, 4.69) is 15.6 Å². The first kappa shape index (κ1) is 12.7. The lowest BCUT2D eigenvalue weighted by Crippen LogP contribution is -2.11. The Morgan fingerprint density at radius 2 is 2.00 bits per heavy atom. The minimum absolute atomic E-state index is 0.553. The predicted octanol–water partition coefficient (Wildman–Crippen LogP) is 3.24. The lowest BCUT2D eigenvalue weighted by molar-refractivity contribution is 0.523. The van der Waals surface area contributed by atoms with Crippen LogP contribution in [0.15, 0.2) is 47.4 Å². The van der Waals surface area contributed by atoms with E-state index in [9.17, 15) is 0 Å². The van der Waals surface area contributed by atoms with E-state index in [1.54, 1.807) is 17.3 Å². The fraction of sp³-hybridized carbons (Fsp3) is 0.143. The van der Waals surface area contributed by atoms with Gasteiger partial charge in [0, 0.05) is 10.6 Å². The number of hydrogen-bond donors (Lipinski definition) is 1. The molecule has 0 aliphatic heterocycles. The standard InChI is InChI=1S/C14H13ClN4O/c1-10-2-3-11(6-13(10)15)14-5-4-12(20-14)7-18-19-8-16-17-9-19/h2-6,8-9,18H,7H2,1H3. The smallest absolute Gasteiger partial charge is 0.138 e. The van der Waals surface area contributed by atoms with Gasteiger partial charge in [0.05, 0.1) is 6.54 Å². The average molecular weight is 289 g/mol. The highest BCUT2D eigenvalue weighted by Crippen LogP contribution is 2.26. The second-order valence-corrected chi connectivity index (χ2v) is 4.84. The van der Waals surface area contributed by atoms with Gasteiger partial charge in [-0.15, -0.1) is 10.2 Å². The Kier molecular flexibility index (Phi) is 3.43. The van der Waals surface area contributed by atoms with Gasteiger partial charge >= 0.3 is 0 Å². The summed E-state index contributed by atoms with van der Waals surface area (Å²) in [6, 6.07) is 9.75. The zero-order valence-corrected chi connectivity index (χ0v) is 11.6. The number of nitrogens with zero attached hydrogens (tertiary/aromatic N) is 3. The Morgan fingerprint density at radius 1 is 1.20 bits per heavy atom. The lowest BCUT2D eigenvalue weighted by Gasteiger charge is -2.03. The monoisotopic (exact) mass is 288 g/mol. The number of hydrogen-bond acceptors (Lipinski definition) is 4. The van der Waals surface area contributed by atoms with E-state index < -0.39 is 0 Å². The Balaban J connectivity index is 1.74. The molecule has 3 rings (SSSR count). The minimum Gasteiger partial charge on any atom is -0.459 e. The fourth-order valence-electron chi connectivity index (χ4n) is 1.83. The van der Waals surface area contributed by atoms with Crippen molar-refractivity contribution >= 4 is 11.6 Å². The number of aromatic nitrogens is 3. The van der Waals surface area contributed by atoms with Crippen LogP contribution in [0.3, 0.4) is 0 Å². The van der Waals surface area contributed by atoms with Crippen LogP contribution in [-0.4, -0.2) is 14.9 Å². The van der Waals surface area contributed by atoms with Crippen LogP contribution in [-0.2, 0) is 6.54 Å². The molecule has 1 aromatic carbocycles. The molecule has 0 radical (unpaired) electrons. The molecule has 2 aromatic heterocycles. The molecule has 0 saturated carbocycles. The largest absolute Gasteiger partial charge is 0.459 e. The zero-order chi connectivity index (χ0) is 13.9. The number of benzene rings is 1. The summed E-state index contributed by atoms with van der Waals surface area (Å²) in [6.07, 6.45) is 3.17. The minimum atomic E-state index is 0.553. The van der Waals surface area contributed by atoms with E-state index in [0.29, 0.717) is 6.54 Å². The van der Waals surface area contributed by atoms with Crippen LogP contribution in [0.25, 0.3) is 11.3 Å². The first-order chi connectivity index (χ1) is 9.72. The van der Waals surface area contributed by atoms with Gasteiger partial charge in [-0.1, -0.05) is 23.7 Å². The molecule has 0 aliphatic rings. The number of aryl methyl sites for hydroxylation is 1. The average Bonchev–Trinajstić information content (AvgIpc) is 3.10. The molecule has 6 heteroatoms. The van der Waals surface area contributed by atoms with Gasteiger partial charge < -0.3 is 9.84 Å². The summed E-state index contributed by atoms with van der Waals surface area (Å²) in [6.45, 7) is 2.53. The maximum absolute atomic E-state index is 6.13. The van der Waals surface area contributed by atoms with E-state index in [0.717, 1.165) is 27.7 Å². The second-order valence-electron chi connectivity index (χ2n) is 4.43. The molecule has 0 aliphatic carbocycles. The van der Waals surface area contributed by atoms with Crippen LogP contribution < -0.4 is 5.43 Å². The highest BCUT2D eigenvalue weighted by molar-refractivity contribution is 6.31. The van der Waals surface area contributed by atoms with Crippen molar-refractivity contribution in [1.82, 2.24) is 14.9 Å². The molecule has 102 valence electrons. The van der Waals surface area contributed by atoms with Crippen LogP contribution in [0.2, 0.25) is 5.02 Å². The summed E-state index contributed by atoms with van der Waals surface area (Å²) >= 11 is 6.13. The van der Waals surface area contributed by atoms with Crippen LogP contribution in [0, 0.1) is 6.92 Å². The molecular weight excluding hydrogens is 276 g/mol. The zero-order valence-electron chi connectivity index (χ0n) is 10.9. The normalized spacial score (nSPS) is 10.7. The van der Waals surface area contributed by atoms with Crippen molar-refractivity contribution in [2.45, 2.75) is 13.5 Å². The molecule has 0 fully saturated rings. The van der Waals surface area contributed by atoms with Crippen LogP contribution in [0.5, 0.6) is 0 Å². The molecule has 0 saturated heterocycles. The van der Waals surface area contributed by atoms with Gasteiger partial charge in [-0.05, 0) is 30.7 Å². The molecule has 3 aromatic rings. The summed E-state index contributed by atoms with van der Waals surface area (Å²) in [5.41, 5.74) is 5.12. The van der Waals surface area contributed by atoms with Crippen LogP contribution in [0.4, 0.5) is 0 Å². The Bertz CT molecular complexity index is 706.